The molecule has 0 aliphatic heterocycles. The average molecular weight is 388 g/mol. The van der Waals surface area contributed by atoms with E-state index in [-0.39, 0.29) is 11.2 Å². The van der Waals surface area contributed by atoms with Crippen LogP contribution in [0.5, 0.6) is 0 Å². The number of carbonyl (C=O) groups is 1. The summed E-state index contributed by atoms with van der Waals surface area (Å²) in [4.78, 5) is 12.8. The van der Waals surface area contributed by atoms with Gasteiger partial charge in [-0.05, 0) is 18.4 Å². The minimum Gasteiger partial charge on any atom is -0.325 e. The predicted octanol–water partition coefficient (Wildman–Crippen LogP) is 4.75. The van der Waals surface area contributed by atoms with E-state index in [4.69, 9.17) is 0 Å². The van der Waals surface area contributed by atoms with Gasteiger partial charge < -0.3 is 9.88 Å². The number of carbonyl (C=O) groups excluding carboxylic acids is 1. The van der Waals surface area contributed by atoms with Gasteiger partial charge in [-0.2, -0.15) is 0 Å². The van der Waals surface area contributed by atoms with Gasteiger partial charge in [-0.25, -0.2) is 0 Å². The molecule has 0 bridgehead atoms. The Hall–Kier alpha value is -3.12. The molecule has 1 amide bonds. The molecule has 1 atom stereocenters. The Bertz CT molecular complexity index is 1120. The fourth-order valence-corrected chi connectivity index (χ4v) is 3.85. The molecule has 0 radical (unpaired) electrons. The van der Waals surface area contributed by atoms with Gasteiger partial charge >= 0.3 is 0 Å². The van der Waals surface area contributed by atoms with Crippen LogP contribution in [0.15, 0.2) is 78.0 Å². The summed E-state index contributed by atoms with van der Waals surface area (Å²) in [7, 11) is 1.92. The van der Waals surface area contributed by atoms with Crippen LogP contribution in [0.2, 0.25) is 0 Å². The quantitative estimate of drug-likeness (QED) is 0.501. The number of hydrogen-bond acceptors (Lipinski definition) is 4. The zero-order valence-electron chi connectivity index (χ0n) is 15.7. The number of benzene rings is 3. The summed E-state index contributed by atoms with van der Waals surface area (Å²) in [6.45, 7) is 1.88. The van der Waals surface area contributed by atoms with Gasteiger partial charge in [0.1, 0.15) is 0 Å². The van der Waals surface area contributed by atoms with Crippen molar-refractivity contribution in [3.05, 3.63) is 72.8 Å². The molecule has 5 nitrogen and oxygen atoms in total. The number of hydrogen-bond donors (Lipinski definition) is 1. The van der Waals surface area contributed by atoms with Crippen molar-refractivity contribution in [2.75, 3.05) is 5.32 Å². The maximum atomic E-state index is 12.8. The molecular weight excluding hydrogens is 368 g/mol. The highest BCUT2D eigenvalue weighted by molar-refractivity contribution is 8.00. The molecule has 0 fully saturated rings. The van der Waals surface area contributed by atoms with Crippen LogP contribution in [0, 0.1) is 0 Å². The Morgan fingerprint density at radius 3 is 2.50 bits per heavy atom. The first-order valence-corrected chi connectivity index (χ1v) is 9.91. The van der Waals surface area contributed by atoms with Crippen molar-refractivity contribution in [3.63, 3.8) is 0 Å². The topological polar surface area (TPSA) is 59.8 Å². The van der Waals surface area contributed by atoms with Crippen LogP contribution < -0.4 is 5.32 Å². The summed E-state index contributed by atoms with van der Waals surface area (Å²) >= 11 is 1.40. The zero-order chi connectivity index (χ0) is 19.5. The molecule has 0 saturated carbocycles. The van der Waals surface area contributed by atoms with Gasteiger partial charge in [0.2, 0.25) is 5.91 Å². The summed E-state index contributed by atoms with van der Waals surface area (Å²) in [6, 6.07) is 23.8. The minimum absolute atomic E-state index is 0.0642. The lowest BCUT2D eigenvalue weighted by Crippen LogP contribution is -2.23. The number of aromatic nitrogens is 3. The van der Waals surface area contributed by atoms with Crippen molar-refractivity contribution in [3.8, 4) is 11.4 Å². The third kappa shape index (κ3) is 3.64. The summed E-state index contributed by atoms with van der Waals surface area (Å²) < 4.78 is 1.92. The third-order valence-corrected chi connectivity index (χ3v) is 5.70. The highest BCUT2D eigenvalue weighted by Gasteiger charge is 2.20. The van der Waals surface area contributed by atoms with E-state index < -0.39 is 0 Å². The molecule has 28 heavy (non-hydrogen) atoms. The summed E-state index contributed by atoms with van der Waals surface area (Å²) in [5.74, 6) is 0.718. The van der Waals surface area contributed by atoms with Gasteiger partial charge in [0.25, 0.3) is 0 Å². The average Bonchev–Trinajstić information content (AvgIpc) is 3.09. The number of fused-ring (bicyclic) bond motifs is 1. The lowest BCUT2D eigenvalue weighted by atomic mass is 10.1. The first kappa shape index (κ1) is 18.3. The Morgan fingerprint density at radius 2 is 1.68 bits per heavy atom. The Balaban J connectivity index is 1.50. The number of nitrogens with zero attached hydrogens (tertiary/aromatic N) is 3. The Kier molecular flexibility index (Phi) is 5.12. The fourth-order valence-electron chi connectivity index (χ4n) is 3.04. The van der Waals surface area contributed by atoms with E-state index in [0.29, 0.717) is 5.16 Å². The molecule has 0 saturated heterocycles. The van der Waals surface area contributed by atoms with Gasteiger partial charge in [0.05, 0.1) is 5.25 Å². The zero-order valence-corrected chi connectivity index (χ0v) is 16.5. The maximum Gasteiger partial charge on any atom is 0.237 e. The Morgan fingerprint density at radius 1 is 0.964 bits per heavy atom. The van der Waals surface area contributed by atoms with E-state index >= 15 is 0 Å². The normalized spacial score (nSPS) is 12.1. The number of rotatable bonds is 5. The van der Waals surface area contributed by atoms with Crippen LogP contribution >= 0.6 is 11.8 Å². The van der Waals surface area contributed by atoms with Gasteiger partial charge in [-0.15, -0.1) is 10.2 Å². The minimum atomic E-state index is -0.314. The number of thioether (sulfide) groups is 1. The van der Waals surface area contributed by atoms with E-state index in [1.807, 2.05) is 91.3 Å². The van der Waals surface area contributed by atoms with Crippen LogP contribution in [0.25, 0.3) is 22.2 Å². The number of amides is 1. The lowest BCUT2D eigenvalue weighted by molar-refractivity contribution is -0.115. The highest BCUT2D eigenvalue weighted by Crippen LogP contribution is 2.28. The van der Waals surface area contributed by atoms with Crippen molar-refractivity contribution in [1.29, 1.82) is 0 Å². The summed E-state index contributed by atoms with van der Waals surface area (Å²) in [5.41, 5.74) is 1.82. The standard InChI is InChI=1S/C22H20N4OS/c1-15(21(27)23-19-14-8-12-16-9-6-7-13-18(16)19)28-22-25-24-20(26(22)2)17-10-4-3-5-11-17/h3-15H,1-2H3,(H,23,27). The monoisotopic (exact) mass is 388 g/mol. The molecule has 1 N–H and O–H groups in total. The predicted molar refractivity (Wildman–Crippen MR) is 114 cm³/mol. The molecule has 1 unspecified atom stereocenters. The third-order valence-electron chi connectivity index (χ3n) is 4.57. The molecule has 3 aromatic carbocycles. The van der Waals surface area contributed by atoms with Gasteiger partial charge in [-0.1, -0.05) is 78.5 Å². The molecule has 140 valence electrons. The molecule has 4 rings (SSSR count). The van der Waals surface area contributed by atoms with E-state index in [0.717, 1.165) is 27.8 Å². The number of anilines is 1. The molecule has 0 aliphatic rings. The first-order chi connectivity index (χ1) is 13.6. The molecule has 6 heteroatoms. The van der Waals surface area contributed by atoms with Crippen LogP contribution in [0.3, 0.4) is 0 Å². The van der Waals surface area contributed by atoms with E-state index in [1.165, 1.54) is 11.8 Å². The van der Waals surface area contributed by atoms with E-state index in [1.54, 1.807) is 0 Å². The molecule has 1 aromatic heterocycles. The van der Waals surface area contributed by atoms with E-state index in [2.05, 4.69) is 15.5 Å². The van der Waals surface area contributed by atoms with E-state index in [9.17, 15) is 4.79 Å². The van der Waals surface area contributed by atoms with Crippen molar-refractivity contribution < 1.29 is 4.79 Å². The summed E-state index contributed by atoms with van der Waals surface area (Å²) in [5, 5.41) is 14.1. The van der Waals surface area contributed by atoms with Crippen molar-refractivity contribution >= 4 is 34.1 Å². The van der Waals surface area contributed by atoms with Crippen molar-refractivity contribution in [2.24, 2.45) is 7.05 Å². The van der Waals surface area contributed by atoms with Crippen molar-refractivity contribution in [1.82, 2.24) is 14.8 Å². The largest absolute Gasteiger partial charge is 0.325 e. The number of nitrogens with one attached hydrogen (secondary N) is 1. The van der Waals surface area contributed by atoms with Gasteiger partial charge in [0, 0.05) is 23.7 Å². The molecule has 1 heterocycles. The SMILES string of the molecule is CC(Sc1nnc(-c2ccccc2)n1C)C(=O)Nc1cccc2ccccc12. The van der Waals surface area contributed by atoms with Crippen LogP contribution in [0.4, 0.5) is 5.69 Å². The Labute approximate surface area is 167 Å². The lowest BCUT2D eigenvalue weighted by Gasteiger charge is -2.13. The second-order valence-electron chi connectivity index (χ2n) is 6.51. The second-order valence-corrected chi connectivity index (χ2v) is 7.82. The molecule has 0 spiro atoms. The van der Waals surface area contributed by atoms with Gasteiger partial charge in [0.15, 0.2) is 11.0 Å². The molecular formula is C22H20N4OS. The van der Waals surface area contributed by atoms with Crippen LogP contribution in [-0.4, -0.2) is 25.9 Å². The van der Waals surface area contributed by atoms with Crippen LogP contribution in [0.1, 0.15) is 6.92 Å². The van der Waals surface area contributed by atoms with Crippen LogP contribution in [-0.2, 0) is 11.8 Å². The second kappa shape index (κ2) is 7.86. The highest BCUT2D eigenvalue weighted by atomic mass is 32.2. The molecule has 4 aromatic rings. The first-order valence-electron chi connectivity index (χ1n) is 9.03. The summed E-state index contributed by atoms with van der Waals surface area (Å²) in [6.07, 6.45) is 0. The van der Waals surface area contributed by atoms with Gasteiger partial charge in [-0.3, -0.25) is 4.79 Å². The maximum absolute atomic E-state index is 12.8. The smallest absolute Gasteiger partial charge is 0.237 e. The molecule has 0 aliphatic carbocycles. The van der Waals surface area contributed by atoms with Crippen molar-refractivity contribution in [2.45, 2.75) is 17.3 Å². The fraction of sp³-hybridized carbons (Fsp3) is 0.136.